The van der Waals surface area contributed by atoms with Gasteiger partial charge in [0.2, 0.25) is 17.7 Å². The number of rotatable bonds is 7. The summed E-state index contributed by atoms with van der Waals surface area (Å²) in [4.78, 5) is 27.4. The van der Waals surface area contributed by atoms with Gasteiger partial charge in [0.15, 0.2) is 0 Å². The average Bonchev–Trinajstić information content (AvgIpc) is 3.44. The molecule has 0 N–H and O–H groups in total. The monoisotopic (exact) mass is 480 g/mol. The number of hydrogen-bond donors (Lipinski definition) is 0. The highest BCUT2D eigenvalue weighted by Gasteiger charge is 2.34. The molecule has 4 aromatic rings. The molecule has 1 fully saturated rings. The average molecular weight is 481 g/mol. The van der Waals surface area contributed by atoms with Crippen LogP contribution in [0, 0.1) is 6.92 Å². The van der Waals surface area contributed by atoms with E-state index in [-0.39, 0.29) is 29.9 Å². The molecule has 0 aliphatic heterocycles. The van der Waals surface area contributed by atoms with Crippen LogP contribution in [0.15, 0.2) is 63.1 Å². The molecule has 1 amide bonds. The molecule has 0 spiro atoms. The van der Waals surface area contributed by atoms with Gasteiger partial charge in [-0.15, -0.1) is 10.2 Å². The standard InChI is InChI=1S/C24H21ClN4O3S/c1-15-6-8-16(9-7-15)20-14-33-24(31)29(20)13-22(30)28(17-10-11-17)12-21-26-27-23(32-21)18-4-2-3-5-19(18)25/h2-9,14,17H,10-13H2,1H3. The van der Waals surface area contributed by atoms with Crippen molar-refractivity contribution in [2.24, 2.45) is 0 Å². The van der Waals surface area contributed by atoms with E-state index in [0.717, 1.165) is 41.0 Å². The van der Waals surface area contributed by atoms with E-state index in [1.165, 1.54) is 4.57 Å². The van der Waals surface area contributed by atoms with Crippen LogP contribution in [-0.2, 0) is 17.9 Å². The van der Waals surface area contributed by atoms with E-state index < -0.39 is 0 Å². The predicted octanol–water partition coefficient (Wildman–Crippen LogP) is 4.78. The van der Waals surface area contributed by atoms with Crippen LogP contribution in [0.25, 0.3) is 22.7 Å². The fraction of sp³-hybridized carbons (Fsp3) is 0.250. The molecule has 33 heavy (non-hydrogen) atoms. The van der Waals surface area contributed by atoms with E-state index in [2.05, 4.69) is 10.2 Å². The topological polar surface area (TPSA) is 81.2 Å². The third-order valence-corrected chi connectivity index (χ3v) is 6.70. The molecule has 0 saturated heterocycles. The number of halogens is 1. The minimum Gasteiger partial charge on any atom is -0.419 e. The molecule has 0 bridgehead atoms. The van der Waals surface area contributed by atoms with Crippen molar-refractivity contribution in [3.63, 3.8) is 0 Å². The molecule has 2 aromatic heterocycles. The van der Waals surface area contributed by atoms with Gasteiger partial charge in [-0.2, -0.15) is 0 Å². The third-order valence-electron chi connectivity index (χ3n) is 5.61. The summed E-state index contributed by atoms with van der Waals surface area (Å²) in [6.07, 6.45) is 1.83. The van der Waals surface area contributed by atoms with E-state index in [1.807, 2.05) is 43.3 Å². The number of thiazole rings is 1. The first-order valence-corrected chi connectivity index (χ1v) is 11.9. The first kappa shape index (κ1) is 21.6. The van der Waals surface area contributed by atoms with Crippen molar-refractivity contribution >= 4 is 28.8 Å². The minimum absolute atomic E-state index is 0.0342. The second kappa shape index (κ2) is 8.96. The summed E-state index contributed by atoms with van der Waals surface area (Å²) < 4.78 is 7.34. The molecule has 0 atom stereocenters. The number of benzene rings is 2. The molecular formula is C24H21ClN4O3S. The summed E-state index contributed by atoms with van der Waals surface area (Å²) in [5.74, 6) is 0.500. The van der Waals surface area contributed by atoms with Crippen molar-refractivity contribution in [1.29, 1.82) is 0 Å². The minimum atomic E-state index is -0.159. The molecule has 1 aliphatic carbocycles. The van der Waals surface area contributed by atoms with Crippen LogP contribution >= 0.6 is 22.9 Å². The molecule has 2 heterocycles. The van der Waals surface area contributed by atoms with Gasteiger partial charge < -0.3 is 9.32 Å². The number of carbonyl (C=O) groups is 1. The largest absolute Gasteiger partial charge is 0.419 e. The molecule has 5 rings (SSSR count). The Kier molecular flexibility index (Phi) is 5.86. The predicted molar refractivity (Wildman–Crippen MR) is 127 cm³/mol. The van der Waals surface area contributed by atoms with Gasteiger partial charge in [-0.05, 0) is 37.5 Å². The number of amides is 1. The molecule has 0 radical (unpaired) electrons. The summed E-state index contributed by atoms with van der Waals surface area (Å²) in [7, 11) is 0. The Balaban J connectivity index is 1.36. The van der Waals surface area contributed by atoms with Gasteiger partial charge in [0.25, 0.3) is 0 Å². The van der Waals surface area contributed by atoms with Gasteiger partial charge in [0, 0.05) is 11.4 Å². The van der Waals surface area contributed by atoms with Crippen LogP contribution < -0.4 is 4.87 Å². The number of aromatic nitrogens is 3. The van der Waals surface area contributed by atoms with Crippen LogP contribution in [0.1, 0.15) is 24.3 Å². The van der Waals surface area contributed by atoms with Crippen molar-refractivity contribution in [2.75, 3.05) is 0 Å². The van der Waals surface area contributed by atoms with Gasteiger partial charge in [-0.1, -0.05) is 64.9 Å². The second-order valence-corrected chi connectivity index (χ2v) is 9.30. The molecule has 1 saturated carbocycles. The summed E-state index contributed by atoms with van der Waals surface area (Å²) in [5, 5.41) is 10.5. The first-order valence-electron chi connectivity index (χ1n) is 10.6. The Morgan fingerprint density at radius 2 is 1.94 bits per heavy atom. The van der Waals surface area contributed by atoms with E-state index in [9.17, 15) is 9.59 Å². The lowest BCUT2D eigenvalue weighted by Crippen LogP contribution is -2.37. The highest BCUT2D eigenvalue weighted by molar-refractivity contribution is 7.07. The molecule has 2 aromatic carbocycles. The Bertz CT molecular complexity index is 1350. The summed E-state index contributed by atoms with van der Waals surface area (Å²) in [6.45, 7) is 2.17. The Morgan fingerprint density at radius 3 is 2.67 bits per heavy atom. The molecule has 7 nitrogen and oxygen atoms in total. The lowest BCUT2D eigenvalue weighted by atomic mass is 10.1. The van der Waals surface area contributed by atoms with E-state index >= 15 is 0 Å². The van der Waals surface area contributed by atoms with Crippen LogP contribution in [0.3, 0.4) is 0 Å². The lowest BCUT2D eigenvalue weighted by Gasteiger charge is -2.21. The van der Waals surface area contributed by atoms with E-state index in [0.29, 0.717) is 22.4 Å². The zero-order valence-corrected chi connectivity index (χ0v) is 19.5. The lowest BCUT2D eigenvalue weighted by molar-refractivity contribution is -0.133. The van der Waals surface area contributed by atoms with Crippen molar-refractivity contribution in [1.82, 2.24) is 19.7 Å². The van der Waals surface area contributed by atoms with E-state index in [4.69, 9.17) is 16.0 Å². The smallest absolute Gasteiger partial charge is 0.308 e. The van der Waals surface area contributed by atoms with Gasteiger partial charge >= 0.3 is 4.87 Å². The summed E-state index contributed by atoms with van der Waals surface area (Å²) in [6, 6.07) is 15.3. The number of nitrogens with zero attached hydrogens (tertiary/aromatic N) is 4. The molecular weight excluding hydrogens is 460 g/mol. The molecule has 0 unspecified atom stereocenters. The number of hydrogen-bond acceptors (Lipinski definition) is 6. The molecule has 1 aliphatic rings. The van der Waals surface area contributed by atoms with Crippen LogP contribution in [0.4, 0.5) is 0 Å². The van der Waals surface area contributed by atoms with Crippen molar-refractivity contribution in [3.8, 4) is 22.7 Å². The van der Waals surface area contributed by atoms with Crippen LogP contribution in [0.5, 0.6) is 0 Å². The fourth-order valence-corrected chi connectivity index (χ4v) is 4.65. The van der Waals surface area contributed by atoms with Crippen LogP contribution in [-0.4, -0.2) is 31.6 Å². The van der Waals surface area contributed by atoms with Crippen LogP contribution in [0.2, 0.25) is 5.02 Å². The number of carbonyl (C=O) groups excluding carboxylic acids is 1. The highest BCUT2D eigenvalue weighted by atomic mass is 35.5. The molecule has 9 heteroatoms. The van der Waals surface area contributed by atoms with Gasteiger partial charge in [0.05, 0.1) is 22.8 Å². The fourth-order valence-electron chi connectivity index (χ4n) is 3.67. The number of aryl methyl sites for hydroxylation is 1. The quantitative estimate of drug-likeness (QED) is 0.380. The van der Waals surface area contributed by atoms with Gasteiger partial charge in [0.1, 0.15) is 6.54 Å². The third kappa shape index (κ3) is 4.62. The Morgan fingerprint density at radius 1 is 1.18 bits per heavy atom. The zero-order valence-electron chi connectivity index (χ0n) is 17.9. The van der Waals surface area contributed by atoms with Crippen molar-refractivity contribution in [2.45, 2.75) is 38.9 Å². The Hall–Kier alpha value is -3.23. The van der Waals surface area contributed by atoms with Gasteiger partial charge in [-0.3, -0.25) is 14.2 Å². The van der Waals surface area contributed by atoms with E-state index in [1.54, 1.807) is 22.4 Å². The second-order valence-electron chi connectivity index (χ2n) is 8.07. The van der Waals surface area contributed by atoms with Crippen molar-refractivity contribution < 1.29 is 9.21 Å². The normalized spacial score (nSPS) is 13.3. The zero-order chi connectivity index (χ0) is 22.9. The maximum absolute atomic E-state index is 13.3. The highest BCUT2D eigenvalue weighted by Crippen LogP contribution is 2.31. The Labute approximate surface area is 199 Å². The summed E-state index contributed by atoms with van der Waals surface area (Å²) >= 11 is 7.33. The maximum Gasteiger partial charge on any atom is 0.308 e. The summed E-state index contributed by atoms with van der Waals surface area (Å²) in [5.41, 5.74) is 3.43. The molecule has 168 valence electrons. The maximum atomic E-state index is 13.3. The first-order chi connectivity index (χ1) is 16.0. The van der Waals surface area contributed by atoms with Gasteiger partial charge in [-0.25, -0.2) is 0 Å². The SMILES string of the molecule is Cc1ccc(-c2csc(=O)n2CC(=O)N(Cc2nnc(-c3ccccc3Cl)o2)C2CC2)cc1. The van der Waals surface area contributed by atoms with Crippen molar-refractivity contribution in [3.05, 3.63) is 80.1 Å².